The number of nitrogens with one attached hydrogen (secondary N) is 2. The molecule has 2 aromatic carbocycles. The molecule has 2 aromatic rings. The minimum Gasteiger partial charge on any atom is -0.369 e. The summed E-state index contributed by atoms with van der Waals surface area (Å²) >= 11 is 5.66. The summed E-state index contributed by atoms with van der Waals surface area (Å²) in [6.45, 7) is 4.13. The Morgan fingerprint density at radius 1 is 1.00 bits per heavy atom. The van der Waals surface area contributed by atoms with Crippen LogP contribution in [-0.2, 0) is 4.79 Å². The average Bonchev–Trinajstić information content (AvgIpc) is 2.71. The summed E-state index contributed by atoms with van der Waals surface area (Å²) in [5.74, 6) is -1.79. The number of carbonyl (C=O) groups excluding carboxylic acids is 2. The van der Waals surface area contributed by atoms with E-state index in [2.05, 4.69) is 32.8 Å². The largest absolute Gasteiger partial charge is 0.369 e. The van der Waals surface area contributed by atoms with E-state index < -0.39 is 11.7 Å². The van der Waals surface area contributed by atoms with Gasteiger partial charge in [0, 0.05) is 49.9 Å². The highest BCUT2D eigenvalue weighted by atomic mass is 35.5. The van der Waals surface area contributed by atoms with Crippen molar-refractivity contribution in [3.63, 3.8) is 0 Å². The fraction of sp³-hybridized carbons (Fsp3) is 0.300. The minimum absolute atomic E-state index is 0.179. The Kier molecular flexibility index (Phi) is 6.84. The predicted molar refractivity (Wildman–Crippen MR) is 107 cm³/mol. The first-order valence-electron chi connectivity index (χ1n) is 9.09. The van der Waals surface area contributed by atoms with E-state index >= 15 is 0 Å². The van der Waals surface area contributed by atoms with Gasteiger partial charge in [-0.15, -0.1) is 0 Å². The molecule has 0 spiro atoms. The SMILES string of the molecule is O=C(CCN1CCN(c2ccccc2)CC1)NNC(=O)c1ccc(Cl)cc1F. The van der Waals surface area contributed by atoms with Gasteiger partial charge in [0.05, 0.1) is 5.56 Å². The van der Waals surface area contributed by atoms with Crippen molar-refractivity contribution in [3.8, 4) is 0 Å². The van der Waals surface area contributed by atoms with Gasteiger partial charge in [0.15, 0.2) is 0 Å². The van der Waals surface area contributed by atoms with Crippen LogP contribution in [0.25, 0.3) is 0 Å². The van der Waals surface area contributed by atoms with Crippen molar-refractivity contribution < 1.29 is 14.0 Å². The molecule has 1 fully saturated rings. The second-order valence-corrected chi connectivity index (χ2v) is 6.98. The molecule has 1 saturated heterocycles. The van der Waals surface area contributed by atoms with Crippen molar-refractivity contribution in [1.82, 2.24) is 15.8 Å². The Labute approximate surface area is 168 Å². The summed E-state index contributed by atoms with van der Waals surface area (Å²) in [6.07, 6.45) is 0.245. The summed E-state index contributed by atoms with van der Waals surface area (Å²) in [6, 6.07) is 14.0. The zero-order valence-electron chi connectivity index (χ0n) is 15.3. The molecule has 2 amide bonds. The minimum atomic E-state index is -0.740. The zero-order valence-corrected chi connectivity index (χ0v) is 16.1. The molecule has 6 nitrogen and oxygen atoms in total. The number of amides is 2. The van der Waals surface area contributed by atoms with Crippen LogP contribution >= 0.6 is 11.6 Å². The van der Waals surface area contributed by atoms with E-state index in [9.17, 15) is 14.0 Å². The Morgan fingerprint density at radius 3 is 2.39 bits per heavy atom. The highest BCUT2D eigenvalue weighted by molar-refractivity contribution is 6.30. The van der Waals surface area contributed by atoms with Crippen LogP contribution in [-0.4, -0.2) is 49.4 Å². The number of anilines is 1. The van der Waals surface area contributed by atoms with Crippen molar-refractivity contribution in [2.75, 3.05) is 37.6 Å². The number of halogens is 2. The van der Waals surface area contributed by atoms with E-state index in [4.69, 9.17) is 11.6 Å². The summed E-state index contributed by atoms with van der Waals surface area (Å²) in [4.78, 5) is 28.4. The lowest BCUT2D eigenvalue weighted by Gasteiger charge is -2.36. The molecule has 1 heterocycles. The van der Waals surface area contributed by atoms with E-state index in [-0.39, 0.29) is 22.9 Å². The average molecular weight is 405 g/mol. The van der Waals surface area contributed by atoms with Gasteiger partial charge >= 0.3 is 0 Å². The van der Waals surface area contributed by atoms with E-state index in [1.165, 1.54) is 17.8 Å². The van der Waals surface area contributed by atoms with E-state index in [1.807, 2.05) is 18.2 Å². The second kappa shape index (κ2) is 9.52. The molecule has 28 heavy (non-hydrogen) atoms. The third kappa shape index (κ3) is 5.43. The Morgan fingerprint density at radius 2 is 1.71 bits per heavy atom. The van der Waals surface area contributed by atoms with Gasteiger partial charge in [0.1, 0.15) is 5.82 Å². The summed E-state index contributed by atoms with van der Waals surface area (Å²) < 4.78 is 13.7. The van der Waals surface area contributed by atoms with Crippen LogP contribution in [0.1, 0.15) is 16.8 Å². The number of carbonyl (C=O) groups is 2. The maximum atomic E-state index is 13.7. The van der Waals surface area contributed by atoms with Gasteiger partial charge in [-0.3, -0.25) is 25.3 Å². The molecule has 1 aliphatic rings. The summed E-state index contributed by atoms with van der Waals surface area (Å²) in [5.41, 5.74) is 5.58. The molecule has 0 unspecified atom stereocenters. The van der Waals surface area contributed by atoms with Crippen molar-refractivity contribution in [2.24, 2.45) is 0 Å². The summed E-state index contributed by atoms with van der Waals surface area (Å²) in [5, 5.41) is 0.199. The molecule has 0 aromatic heterocycles. The second-order valence-electron chi connectivity index (χ2n) is 6.54. The number of rotatable bonds is 5. The third-order valence-corrected chi connectivity index (χ3v) is 4.88. The zero-order chi connectivity index (χ0) is 19.9. The third-order valence-electron chi connectivity index (χ3n) is 4.64. The number of hydrazine groups is 1. The van der Waals surface area contributed by atoms with Crippen LogP contribution in [0.2, 0.25) is 5.02 Å². The Bertz CT molecular complexity index is 826. The Balaban J connectivity index is 1.37. The maximum absolute atomic E-state index is 13.7. The van der Waals surface area contributed by atoms with Gasteiger partial charge in [0.2, 0.25) is 5.91 Å². The van der Waals surface area contributed by atoms with Gasteiger partial charge in [-0.2, -0.15) is 0 Å². The van der Waals surface area contributed by atoms with Gasteiger partial charge in [-0.1, -0.05) is 29.8 Å². The van der Waals surface area contributed by atoms with Crippen LogP contribution in [0.4, 0.5) is 10.1 Å². The monoisotopic (exact) mass is 404 g/mol. The molecule has 1 aliphatic heterocycles. The molecule has 0 aliphatic carbocycles. The number of piperazine rings is 1. The predicted octanol–water partition coefficient (Wildman–Crippen LogP) is 2.45. The van der Waals surface area contributed by atoms with Crippen molar-refractivity contribution in [1.29, 1.82) is 0 Å². The van der Waals surface area contributed by atoms with Crippen LogP contribution in [0.5, 0.6) is 0 Å². The fourth-order valence-corrected chi connectivity index (χ4v) is 3.22. The van der Waals surface area contributed by atoms with Gasteiger partial charge < -0.3 is 4.90 Å². The lowest BCUT2D eigenvalue weighted by atomic mass is 10.2. The molecule has 3 rings (SSSR count). The maximum Gasteiger partial charge on any atom is 0.272 e. The van der Waals surface area contributed by atoms with Gasteiger partial charge in [0.25, 0.3) is 5.91 Å². The first kappa shape index (κ1) is 20.1. The van der Waals surface area contributed by atoms with Crippen LogP contribution in [0.15, 0.2) is 48.5 Å². The highest BCUT2D eigenvalue weighted by Crippen LogP contribution is 2.16. The number of para-hydroxylation sites is 1. The Hall–Kier alpha value is -2.64. The van der Waals surface area contributed by atoms with Crippen LogP contribution in [0, 0.1) is 5.82 Å². The molecule has 0 atom stereocenters. The molecular weight excluding hydrogens is 383 g/mol. The molecule has 0 radical (unpaired) electrons. The van der Waals surface area contributed by atoms with Gasteiger partial charge in [-0.05, 0) is 30.3 Å². The summed E-state index contributed by atoms with van der Waals surface area (Å²) in [7, 11) is 0. The van der Waals surface area contributed by atoms with Crippen molar-refractivity contribution >= 4 is 29.1 Å². The quantitative estimate of drug-likeness (QED) is 0.751. The lowest BCUT2D eigenvalue weighted by Crippen LogP contribution is -2.48. The standard InChI is InChI=1S/C20H22ClFN4O2/c21-15-6-7-17(18(22)14-15)20(28)24-23-19(27)8-9-25-10-12-26(13-11-25)16-4-2-1-3-5-16/h1-7,14H,8-13H2,(H,23,27)(H,24,28). The number of benzene rings is 2. The van der Waals surface area contributed by atoms with E-state index in [0.29, 0.717) is 6.54 Å². The van der Waals surface area contributed by atoms with Gasteiger partial charge in [-0.25, -0.2) is 4.39 Å². The van der Waals surface area contributed by atoms with Crippen molar-refractivity contribution in [2.45, 2.75) is 6.42 Å². The fourth-order valence-electron chi connectivity index (χ4n) is 3.06. The highest BCUT2D eigenvalue weighted by Gasteiger charge is 2.18. The number of nitrogens with zero attached hydrogens (tertiary/aromatic N) is 2. The molecule has 0 saturated carbocycles. The molecule has 2 N–H and O–H groups in total. The van der Waals surface area contributed by atoms with E-state index in [1.54, 1.807) is 0 Å². The molecular formula is C20H22ClFN4O2. The number of hydrogen-bond acceptors (Lipinski definition) is 4. The first-order valence-corrected chi connectivity index (χ1v) is 9.47. The van der Waals surface area contributed by atoms with Crippen LogP contribution < -0.4 is 15.8 Å². The topological polar surface area (TPSA) is 64.7 Å². The normalized spacial score (nSPS) is 14.6. The van der Waals surface area contributed by atoms with Crippen molar-refractivity contribution in [3.05, 3.63) is 64.9 Å². The molecule has 0 bridgehead atoms. The first-order chi connectivity index (χ1) is 13.5. The molecule has 148 valence electrons. The van der Waals surface area contributed by atoms with Crippen LogP contribution in [0.3, 0.4) is 0 Å². The van der Waals surface area contributed by atoms with E-state index in [0.717, 1.165) is 32.2 Å². The lowest BCUT2D eigenvalue weighted by molar-refractivity contribution is -0.122. The number of hydrogen-bond donors (Lipinski definition) is 2. The molecule has 8 heteroatoms. The smallest absolute Gasteiger partial charge is 0.272 e.